The van der Waals surface area contributed by atoms with E-state index < -0.39 is 14.8 Å². The SMILES string of the molecule is C[C@@H]1[C@H](OCc2ccccc2)[C@@H](C)C[C@@H]2O[C@@]21S(=O)(=O)c1ccccc1. The Kier molecular flexibility index (Phi) is 4.41. The van der Waals surface area contributed by atoms with Crippen LogP contribution in [0.3, 0.4) is 0 Å². The van der Waals surface area contributed by atoms with E-state index in [9.17, 15) is 8.42 Å². The minimum Gasteiger partial charge on any atom is -0.373 e. The largest absolute Gasteiger partial charge is 0.373 e. The summed E-state index contributed by atoms with van der Waals surface area (Å²) < 4.78 is 38.7. The van der Waals surface area contributed by atoms with Gasteiger partial charge in [0.15, 0.2) is 0 Å². The van der Waals surface area contributed by atoms with Gasteiger partial charge >= 0.3 is 0 Å². The Bertz CT molecular complexity index is 865. The first-order chi connectivity index (χ1) is 12.5. The molecule has 1 saturated heterocycles. The van der Waals surface area contributed by atoms with Crippen LogP contribution < -0.4 is 0 Å². The first kappa shape index (κ1) is 17.7. The molecule has 1 aliphatic heterocycles. The van der Waals surface area contributed by atoms with Gasteiger partial charge in [-0.05, 0) is 30.0 Å². The highest BCUT2D eigenvalue weighted by Crippen LogP contribution is 2.58. The van der Waals surface area contributed by atoms with Crippen LogP contribution in [0.5, 0.6) is 0 Å². The van der Waals surface area contributed by atoms with Crippen LogP contribution in [-0.2, 0) is 25.9 Å². The van der Waals surface area contributed by atoms with Crippen LogP contribution in [0.25, 0.3) is 0 Å². The lowest BCUT2D eigenvalue weighted by Gasteiger charge is -2.36. The Hall–Kier alpha value is -1.69. The lowest BCUT2D eigenvalue weighted by atomic mass is 9.80. The molecule has 1 heterocycles. The number of sulfone groups is 1. The van der Waals surface area contributed by atoms with Gasteiger partial charge in [-0.1, -0.05) is 62.4 Å². The number of fused-ring (bicyclic) bond motifs is 1. The number of epoxide rings is 1. The Morgan fingerprint density at radius 1 is 1.04 bits per heavy atom. The monoisotopic (exact) mass is 372 g/mol. The number of benzene rings is 2. The van der Waals surface area contributed by atoms with Gasteiger partial charge in [0.1, 0.15) is 6.10 Å². The lowest BCUT2D eigenvalue weighted by Crippen LogP contribution is -2.48. The highest BCUT2D eigenvalue weighted by atomic mass is 32.2. The predicted molar refractivity (Wildman–Crippen MR) is 99.2 cm³/mol. The van der Waals surface area contributed by atoms with Gasteiger partial charge in [0, 0.05) is 5.92 Å². The molecule has 1 saturated carbocycles. The molecule has 138 valence electrons. The number of hydrogen-bond acceptors (Lipinski definition) is 4. The van der Waals surface area contributed by atoms with Crippen molar-refractivity contribution in [1.82, 2.24) is 0 Å². The molecule has 2 fully saturated rings. The van der Waals surface area contributed by atoms with Crippen LogP contribution in [0, 0.1) is 11.8 Å². The van der Waals surface area contributed by atoms with Crippen molar-refractivity contribution < 1.29 is 17.9 Å². The van der Waals surface area contributed by atoms with E-state index >= 15 is 0 Å². The summed E-state index contributed by atoms with van der Waals surface area (Å²) in [6, 6.07) is 18.6. The zero-order valence-corrected chi connectivity index (χ0v) is 15.9. The minimum absolute atomic E-state index is 0.160. The van der Waals surface area contributed by atoms with Crippen molar-refractivity contribution in [2.75, 3.05) is 0 Å². The predicted octanol–water partition coefficient (Wildman–Crippen LogP) is 3.82. The van der Waals surface area contributed by atoms with E-state index in [4.69, 9.17) is 9.47 Å². The summed E-state index contributed by atoms with van der Waals surface area (Å²) in [5.74, 6) is 0.0190. The molecule has 2 aliphatic rings. The molecule has 5 atom stereocenters. The van der Waals surface area contributed by atoms with Crippen molar-refractivity contribution in [2.24, 2.45) is 11.8 Å². The topological polar surface area (TPSA) is 55.9 Å². The first-order valence-electron chi connectivity index (χ1n) is 9.10. The molecule has 2 aromatic rings. The van der Waals surface area contributed by atoms with Crippen LogP contribution in [-0.4, -0.2) is 25.6 Å². The second-order valence-electron chi connectivity index (χ2n) is 7.41. The summed E-state index contributed by atoms with van der Waals surface area (Å²) in [4.78, 5) is -0.826. The van der Waals surface area contributed by atoms with Crippen molar-refractivity contribution >= 4 is 9.84 Å². The molecule has 0 spiro atoms. The number of ether oxygens (including phenoxy) is 2. The van der Waals surface area contributed by atoms with Crippen molar-refractivity contribution in [1.29, 1.82) is 0 Å². The second-order valence-corrected chi connectivity index (χ2v) is 9.52. The molecule has 0 aromatic heterocycles. The van der Waals surface area contributed by atoms with Gasteiger partial charge in [-0.25, -0.2) is 8.42 Å². The lowest BCUT2D eigenvalue weighted by molar-refractivity contribution is -0.0458. The Labute approximate surface area is 155 Å². The molecule has 4 nitrogen and oxygen atoms in total. The fourth-order valence-corrected chi connectivity index (χ4v) is 6.53. The van der Waals surface area contributed by atoms with Crippen LogP contribution >= 0.6 is 0 Å². The zero-order chi connectivity index (χ0) is 18.4. The van der Waals surface area contributed by atoms with E-state index in [-0.39, 0.29) is 24.0 Å². The highest BCUT2D eigenvalue weighted by molar-refractivity contribution is 7.93. The molecule has 0 N–H and O–H groups in total. The molecule has 0 unspecified atom stereocenters. The standard InChI is InChI=1S/C21H24O4S/c1-15-13-19-21(25-19,26(22,23)18-11-7-4-8-12-18)16(2)20(15)24-14-17-9-5-3-6-10-17/h3-12,15-16,19-20H,13-14H2,1-2H3/t15-,16+,19-,20+,21-/m0/s1. The van der Waals surface area contributed by atoms with Crippen molar-refractivity contribution in [2.45, 2.75) is 48.9 Å². The second kappa shape index (κ2) is 6.48. The number of rotatable bonds is 5. The van der Waals surface area contributed by atoms with Crippen molar-refractivity contribution in [3.8, 4) is 0 Å². The van der Waals surface area contributed by atoms with E-state index in [1.54, 1.807) is 24.3 Å². The minimum atomic E-state index is -3.58. The van der Waals surface area contributed by atoms with E-state index in [0.29, 0.717) is 17.9 Å². The van der Waals surface area contributed by atoms with Crippen molar-refractivity contribution in [3.05, 3.63) is 66.2 Å². The average molecular weight is 372 g/mol. The van der Waals surface area contributed by atoms with Gasteiger partial charge in [0.05, 0.1) is 17.6 Å². The molecule has 0 bridgehead atoms. The third-order valence-corrected chi connectivity index (χ3v) is 8.21. The first-order valence-corrected chi connectivity index (χ1v) is 10.6. The van der Waals surface area contributed by atoms with E-state index in [1.165, 1.54) is 0 Å². The highest BCUT2D eigenvalue weighted by Gasteiger charge is 2.73. The van der Waals surface area contributed by atoms with Crippen LogP contribution in [0.2, 0.25) is 0 Å². The quantitative estimate of drug-likeness (QED) is 0.749. The van der Waals surface area contributed by atoms with Crippen molar-refractivity contribution in [3.63, 3.8) is 0 Å². The summed E-state index contributed by atoms with van der Waals surface area (Å²) in [5.41, 5.74) is 1.09. The molecule has 0 radical (unpaired) electrons. The smallest absolute Gasteiger partial charge is 0.211 e. The molecular formula is C21H24O4S. The van der Waals surface area contributed by atoms with Gasteiger partial charge in [0.25, 0.3) is 0 Å². The molecule has 5 heteroatoms. The van der Waals surface area contributed by atoms with Gasteiger partial charge in [-0.3, -0.25) is 0 Å². The maximum Gasteiger partial charge on any atom is 0.211 e. The van der Waals surface area contributed by atoms with Crippen LogP contribution in [0.4, 0.5) is 0 Å². The normalized spacial score (nSPS) is 33.5. The van der Waals surface area contributed by atoms with Gasteiger partial charge in [-0.2, -0.15) is 0 Å². The fraction of sp³-hybridized carbons (Fsp3) is 0.429. The summed E-state index contributed by atoms with van der Waals surface area (Å²) in [5, 5.41) is 0. The van der Waals surface area contributed by atoms with E-state index in [2.05, 4.69) is 6.92 Å². The summed E-state index contributed by atoms with van der Waals surface area (Å²) in [7, 11) is -3.58. The molecule has 4 rings (SSSR count). The molecule has 1 aliphatic carbocycles. The average Bonchev–Trinajstić information content (AvgIpc) is 3.39. The molecule has 2 aromatic carbocycles. The van der Waals surface area contributed by atoms with E-state index in [1.807, 2.05) is 43.3 Å². The maximum atomic E-state index is 13.3. The van der Waals surface area contributed by atoms with Crippen LogP contribution in [0.1, 0.15) is 25.8 Å². The van der Waals surface area contributed by atoms with E-state index in [0.717, 1.165) is 5.56 Å². The fourth-order valence-electron chi connectivity index (χ4n) is 4.34. The third kappa shape index (κ3) is 2.70. The Morgan fingerprint density at radius 3 is 2.31 bits per heavy atom. The molecule has 0 amide bonds. The summed E-state index contributed by atoms with van der Waals surface area (Å²) in [6.45, 7) is 4.55. The zero-order valence-electron chi connectivity index (χ0n) is 15.0. The van der Waals surface area contributed by atoms with Gasteiger partial charge in [0.2, 0.25) is 14.8 Å². The molecule has 26 heavy (non-hydrogen) atoms. The van der Waals surface area contributed by atoms with Crippen LogP contribution in [0.15, 0.2) is 65.6 Å². The summed E-state index contributed by atoms with van der Waals surface area (Å²) in [6.07, 6.45) is 0.303. The summed E-state index contributed by atoms with van der Waals surface area (Å²) >= 11 is 0. The Balaban J connectivity index is 1.59. The van der Waals surface area contributed by atoms with Gasteiger partial charge in [-0.15, -0.1) is 0 Å². The Morgan fingerprint density at radius 2 is 1.65 bits per heavy atom. The molecular weight excluding hydrogens is 348 g/mol. The maximum absolute atomic E-state index is 13.3. The van der Waals surface area contributed by atoms with Gasteiger partial charge < -0.3 is 9.47 Å². The third-order valence-electron chi connectivity index (χ3n) is 5.75. The number of hydrogen-bond donors (Lipinski definition) is 0.